The van der Waals surface area contributed by atoms with Crippen LogP contribution in [0.1, 0.15) is 33.1 Å². The Balaban J connectivity index is 2.50. The standard InChI is InChI=1S/C11H22N2OS/c1-4-5-10-12-8-11(14)13(10)9(2)6-7-15-3/h9-10,12H,4-8H2,1-3H3. The van der Waals surface area contributed by atoms with E-state index < -0.39 is 0 Å². The molecule has 1 fully saturated rings. The molecule has 1 aliphatic heterocycles. The van der Waals surface area contributed by atoms with Gasteiger partial charge in [0.25, 0.3) is 0 Å². The van der Waals surface area contributed by atoms with Crippen LogP contribution in [-0.4, -0.2) is 41.6 Å². The Morgan fingerprint density at radius 2 is 2.40 bits per heavy atom. The number of hydrogen-bond acceptors (Lipinski definition) is 3. The van der Waals surface area contributed by atoms with Gasteiger partial charge in [-0.2, -0.15) is 11.8 Å². The normalized spacial score (nSPS) is 23.5. The molecule has 15 heavy (non-hydrogen) atoms. The summed E-state index contributed by atoms with van der Waals surface area (Å²) >= 11 is 1.85. The highest BCUT2D eigenvalue weighted by Gasteiger charge is 2.32. The number of amides is 1. The summed E-state index contributed by atoms with van der Waals surface area (Å²) < 4.78 is 0. The number of nitrogens with one attached hydrogen (secondary N) is 1. The molecule has 2 atom stereocenters. The minimum Gasteiger partial charge on any atom is -0.323 e. The fraction of sp³-hybridized carbons (Fsp3) is 0.909. The Hall–Kier alpha value is -0.220. The molecule has 0 aromatic heterocycles. The van der Waals surface area contributed by atoms with Gasteiger partial charge >= 0.3 is 0 Å². The molecule has 0 radical (unpaired) electrons. The maximum absolute atomic E-state index is 11.7. The van der Waals surface area contributed by atoms with Gasteiger partial charge in [0.1, 0.15) is 0 Å². The fourth-order valence-corrected chi connectivity index (χ4v) is 2.64. The number of nitrogens with zero attached hydrogens (tertiary/aromatic N) is 1. The highest BCUT2D eigenvalue weighted by atomic mass is 32.2. The minimum absolute atomic E-state index is 0.266. The maximum Gasteiger partial charge on any atom is 0.238 e. The van der Waals surface area contributed by atoms with E-state index in [9.17, 15) is 4.79 Å². The van der Waals surface area contributed by atoms with Crippen LogP contribution >= 0.6 is 11.8 Å². The second-order valence-electron chi connectivity index (χ2n) is 4.12. The Kier molecular flexibility index (Phi) is 5.47. The van der Waals surface area contributed by atoms with Crippen molar-refractivity contribution >= 4 is 17.7 Å². The summed E-state index contributed by atoms with van der Waals surface area (Å²) in [6, 6.07) is 0.372. The van der Waals surface area contributed by atoms with Crippen LogP contribution in [0.2, 0.25) is 0 Å². The van der Waals surface area contributed by atoms with E-state index in [0.29, 0.717) is 12.6 Å². The first-order valence-corrected chi connectivity index (χ1v) is 7.13. The molecule has 1 amide bonds. The predicted octanol–water partition coefficient (Wildman–Crippen LogP) is 1.69. The van der Waals surface area contributed by atoms with Crippen molar-refractivity contribution in [3.63, 3.8) is 0 Å². The number of carbonyl (C=O) groups is 1. The van der Waals surface area contributed by atoms with Crippen molar-refractivity contribution in [2.45, 2.75) is 45.3 Å². The summed E-state index contributed by atoms with van der Waals surface area (Å²) in [5, 5.41) is 3.28. The predicted molar refractivity (Wildman–Crippen MR) is 66.0 cm³/mol. The third-order valence-corrected chi connectivity index (χ3v) is 3.53. The first-order valence-electron chi connectivity index (χ1n) is 5.74. The molecule has 0 spiro atoms. The molecule has 2 unspecified atom stereocenters. The molecule has 4 heteroatoms. The number of rotatable bonds is 6. The molecule has 0 saturated carbocycles. The van der Waals surface area contributed by atoms with Crippen molar-refractivity contribution in [3.8, 4) is 0 Å². The first kappa shape index (κ1) is 12.8. The zero-order chi connectivity index (χ0) is 11.3. The zero-order valence-electron chi connectivity index (χ0n) is 9.95. The first-order chi connectivity index (χ1) is 7.20. The molecular formula is C11H22N2OS. The van der Waals surface area contributed by atoms with E-state index in [-0.39, 0.29) is 12.1 Å². The second kappa shape index (κ2) is 6.38. The lowest BCUT2D eigenvalue weighted by Gasteiger charge is -2.30. The monoisotopic (exact) mass is 230 g/mol. The number of hydrogen-bond donors (Lipinski definition) is 1. The van der Waals surface area contributed by atoms with Crippen molar-refractivity contribution in [1.82, 2.24) is 10.2 Å². The molecular weight excluding hydrogens is 208 g/mol. The average molecular weight is 230 g/mol. The number of carbonyl (C=O) groups excluding carboxylic acids is 1. The minimum atomic E-state index is 0.266. The maximum atomic E-state index is 11.7. The lowest BCUT2D eigenvalue weighted by atomic mass is 10.2. The smallest absolute Gasteiger partial charge is 0.238 e. The van der Waals surface area contributed by atoms with Crippen molar-refractivity contribution in [2.24, 2.45) is 0 Å². The molecule has 0 bridgehead atoms. The average Bonchev–Trinajstić information content (AvgIpc) is 2.57. The van der Waals surface area contributed by atoms with E-state index in [1.54, 1.807) is 0 Å². The van der Waals surface area contributed by atoms with Crippen LogP contribution < -0.4 is 5.32 Å². The summed E-state index contributed by atoms with van der Waals surface area (Å²) in [4.78, 5) is 13.8. The third kappa shape index (κ3) is 3.38. The van der Waals surface area contributed by atoms with Crippen LogP contribution in [0, 0.1) is 0 Å². The van der Waals surface area contributed by atoms with Gasteiger partial charge in [-0.05, 0) is 31.8 Å². The summed E-state index contributed by atoms with van der Waals surface area (Å²) in [7, 11) is 0. The molecule has 0 aromatic carbocycles. The van der Waals surface area contributed by atoms with E-state index in [0.717, 1.165) is 25.0 Å². The van der Waals surface area contributed by atoms with Crippen molar-refractivity contribution in [2.75, 3.05) is 18.6 Å². The van der Waals surface area contributed by atoms with Gasteiger partial charge in [-0.15, -0.1) is 0 Å². The molecule has 3 nitrogen and oxygen atoms in total. The third-order valence-electron chi connectivity index (χ3n) is 2.89. The molecule has 0 aliphatic carbocycles. The molecule has 0 aromatic rings. The van der Waals surface area contributed by atoms with E-state index in [4.69, 9.17) is 0 Å². The van der Waals surface area contributed by atoms with Crippen LogP contribution in [0.25, 0.3) is 0 Å². The summed E-state index contributed by atoms with van der Waals surface area (Å²) in [6.45, 7) is 4.84. The molecule has 88 valence electrons. The Bertz CT molecular complexity index is 211. The van der Waals surface area contributed by atoms with Crippen molar-refractivity contribution in [1.29, 1.82) is 0 Å². The van der Waals surface area contributed by atoms with Crippen LogP contribution in [-0.2, 0) is 4.79 Å². The molecule has 1 saturated heterocycles. The van der Waals surface area contributed by atoms with Gasteiger partial charge in [0.15, 0.2) is 0 Å². The fourth-order valence-electron chi connectivity index (χ4n) is 2.06. The Labute approximate surface area is 97.0 Å². The van der Waals surface area contributed by atoms with Gasteiger partial charge in [0.2, 0.25) is 5.91 Å². The summed E-state index contributed by atoms with van der Waals surface area (Å²) in [6.07, 6.45) is 5.67. The van der Waals surface area contributed by atoms with Gasteiger partial charge in [0, 0.05) is 6.04 Å². The van der Waals surface area contributed by atoms with Gasteiger partial charge in [-0.1, -0.05) is 13.3 Å². The zero-order valence-corrected chi connectivity index (χ0v) is 10.8. The quantitative estimate of drug-likeness (QED) is 0.753. The van der Waals surface area contributed by atoms with Crippen LogP contribution in [0.15, 0.2) is 0 Å². The van der Waals surface area contributed by atoms with Gasteiger partial charge in [-0.3, -0.25) is 10.1 Å². The largest absolute Gasteiger partial charge is 0.323 e. The second-order valence-corrected chi connectivity index (χ2v) is 5.10. The summed E-state index contributed by atoms with van der Waals surface area (Å²) in [5.41, 5.74) is 0. The molecule has 1 heterocycles. The lowest BCUT2D eigenvalue weighted by Crippen LogP contribution is -2.43. The van der Waals surface area contributed by atoms with Crippen LogP contribution in [0.3, 0.4) is 0 Å². The molecule has 1 N–H and O–H groups in total. The summed E-state index contributed by atoms with van der Waals surface area (Å²) in [5.74, 6) is 1.39. The molecule has 1 aliphatic rings. The van der Waals surface area contributed by atoms with Crippen molar-refractivity contribution < 1.29 is 4.79 Å². The lowest BCUT2D eigenvalue weighted by molar-refractivity contribution is -0.130. The van der Waals surface area contributed by atoms with E-state index in [1.165, 1.54) is 0 Å². The highest BCUT2D eigenvalue weighted by molar-refractivity contribution is 7.98. The van der Waals surface area contributed by atoms with Gasteiger partial charge < -0.3 is 4.90 Å². The Morgan fingerprint density at radius 3 is 3.00 bits per heavy atom. The topological polar surface area (TPSA) is 32.3 Å². The highest BCUT2D eigenvalue weighted by Crippen LogP contribution is 2.17. The Morgan fingerprint density at radius 1 is 1.67 bits per heavy atom. The van der Waals surface area contributed by atoms with E-state index >= 15 is 0 Å². The van der Waals surface area contributed by atoms with Crippen LogP contribution in [0.4, 0.5) is 0 Å². The van der Waals surface area contributed by atoms with Crippen molar-refractivity contribution in [3.05, 3.63) is 0 Å². The SMILES string of the molecule is CCCC1NCC(=O)N1C(C)CCSC. The van der Waals surface area contributed by atoms with Gasteiger partial charge in [-0.25, -0.2) is 0 Å². The van der Waals surface area contributed by atoms with E-state index in [1.807, 2.05) is 16.7 Å². The van der Waals surface area contributed by atoms with Gasteiger partial charge in [0.05, 0.1) is 12.7 Å². The van der Waals surface area contributed by atoms with E-state index in [2.05, 4.69) is 25.4 Å². The van der Waals surface area contributed by atoms with Crippen LogP contribution in [0.5, 0.6) is 0 Å². The number of thioether (sulfide) groups is 1. The molecule has 1 rings (SSSR count).